The number of nitrogens with zero attached hydrogens (tertiary/aromatic N) is 2. The largest absolute Gasteiger partial charge is 0.465 e. The third kappa shape index (κ3) is 3.78. The van der Waals surface area contributed by atoms with Crippen LogP contribution in [0.1, 0.15) is 6.92 Å². The lowest BCUT2D eigenvalue weighted by atomic mass is 10.1. The maximum absolute atomic E-state index is 11.9. The maximum Gasteiger partial charge on any atom is 0.316 e. The number of carbonyl (C=O) groups is 1. The van der Waals surface area contributed by atoms with Crippen molar-refractivity contribution >= 4 is 54.4 Å². The van der Waals surface area contributed by atoms with Crippen LogP contribution in [0.25, 0.3) is 0 Å². The molecular formula is C15H17BrN2O4S2. The van der Waals surface area contributed by atoms with Crippen molar-refractivity contribution in [3.8, 4) is 0 Å². The van der Waals surface area contributed by atoms with Crippen LogP contribution in [0.15, 0.2) is 33.7 Å². The molecular weight excluding hydrogens is 416 g/mol. The van der Waals surface area contributed by atoms with Gasteiger partial charge in [-0.25, -0.2) is 8.42 Å². The SMILES string of the molecule is CCOC(=O)CSC1=N[C@@H]2CS(=O)(=O)C[C@@H]2N1c1ccc(Br)cc1. The predicted molar refractivity (Wildman–Crippen MR) is 99.4 cm³/mol. The number of rotatable bonds is 4. The average Bonchev–Trinajstić information content (AvgIpc) is 2.98. The van der Waals surface area contributed by atoms with Crippen molar-refractivity contribution in [1.29, 1.82) is 0 Å². The zero-order valence-corrected chi connectivity index (χ0v) is 16.2. The molecule has 0 amide bonds. The molecule has 0 spiro atoms. The van der Waals surface area contributed by atoms with Gasteiger partial charge in [-0.2, -0.15) is 0 Å². The number of ether oxygens (including phenoxy) is 1. The Morgan fingerprint density at radius 1 is 1.38 bits per heavy atom. The molecule has 2 aliphatic rings. The zero-order chi connectivity index (χ0) is 17.3. The molecule has 1 fully saturated rings. The second kappa shape index (κ2) is 7.05. The first-order chi connectivity index (χ1) is 11.4. The van der Waals surface area contributed by atoms with Gasteiger partial charge in [0.15, 0.2) is 15.0 Å². The van der Waals surface area contributed by atoms with Crippen molar-refractivity contribution in [2.75, 3.05) is 28.8 Å². The minimum Gasteiger partial charge on any atom is -0.465 e. The number of carbonyl (C=O) groups excluding carboxylic acids is 1. The van der Waals surface area contributed by atoms with Crippen molar-refractivity contribution in [2.45, 2.75) is 19.0 Å². The Balaban J connectivity index is 1.84. The lowest BCUT2D eigenvalue weighted by Crippen LogP contribution is -2.39. The molecule has 1 aromatic carbocycles. The van der Waals surface area contributed by atoms with Crippen molar-refractivity contribution in [3.05, 3.63) is 28.7 Å². The smallest absolute Gasteiger partial charge is 0.316 e. The Labute approximate surface area is 153 Å². The number of aliphatic imine (C=N–C) groups is 1. The van der Waals surface area contributed by atoms with E-state index in [1.165, 1.54) is 11.8 Å². The second-order valence-electron chi connectivity index (χ2n) is 5.56. The highest BCUT2D eigenvalue weighted by Gasteiger charge is 2.47. The summed E-state index contributed by atoms with van der Waals surface area (Å²) in [5.74, 6) is 0.00596. The normalized spacial score (nSPS) is 24.6. The van der Waals surface area contributed by atoms with Crippen molar-refractivity contribution in [1.82, 2.24) is 0 Å². The van der Waals surface area contributed by atoms with Gasteiger partial charge in [0.1, 0.15) is 0 Å². The van der Waals surface area contributed by atoms with Gasteiger partial charge >= 0.3 is 5.97 Å². The Morgan fingerprint density at radius 3 is 2.75 bits per heavy atom. The summed E-state index contributed by atoms with van der Waals surface area (Å²) < 4.78 is 29.8. The third-order valence-electron chi connectivity index (χ3n) is 3.84. The lowest BCUT2D eigenvalue weighted by molar-refractivity contribution is -0.139. The summed E-state index contributed by atoms with van der Waals surface area (Å²) in [6.45, 7) is 2.10. The van der Waals surface area contributed by atoms with Gasteiger partial charge in [0.25, 0.3) is 0 Å². The van der Waals surface area contributed by atoms with E-state index in [0.29, 0.717) is 11.8 Å². The van der Waals surface area contributed by atoms with E-state index in [2.05, 4.69) is 20.9 Å². The summed E-state index contributed by atoms with van der Waals surface area (Å²) in [5, 5.41) is 0.676. The number of halogens is 1. The number of thioether (sulfide) groups is 1. The van der Waals surface area contributed by atoms with Gasteiger partial charge in [0, 0.05) is 10.2 Å². The van der Waals surface area contributed by atoms with E-state index in [1.807, 2.05) is 29.2 Å². The van der Waals surface area contributed by atoms with Crippen LogP contribution in [0.2, 0.25) is 0 Å². The van der Waals surface area contributed by atoms with Crippen molar-refractivity contribution in [3.63, 3.8) is 0 Å². The molecule has 2 heterocycles. The second-order valence-corrected chi connectivity index (χ2v) is 9.58. The molecule has 24 heavy (non-hydrogen) atoms. The van der Waals surface area contributed by atoms with E-state index < -0.39 is 9.84 Å². The molecule has 0 aliphatic carbocycles. The predicted octanol–water partition coefficient (Wildman–Crippen LogP) is 2.09. The Kier molecular flexibility index (Phi) is 5.22. The third-order valence-corrected chi connectivity index (χ3v) is 7.00. The fourth-order valence-electron chi connectivity index (χ4n) is 2.86. The molecule has 0 aromatic heterocycles. The molecule has 0 N–H and O–H groups in total. The van der Waals surface area contributed by atoms with E-state index in [4.69, 9.17) is 4.74 Å². The highest BCUT2D eigenvalue weighted by molar-refractivity contribution is 9.10. The van der Waals surface area contributed by atoms with Crippen LogP contribution >= 0.6 is 27.7 Å². The lowest BCUT2D eigenvalue weighted by Gasteiger charge is -2.26. The van der Waals surface area contributed by atoms with E-state index in [-0.39, 0.29) is 35.3 Å². The molecule has 0 unspecified atom stereocenters. The Bertz CT molecular complexity index is 764. The van der Waals surface area contributed by atoms with Crippen LogP contribution in [-0.2, 0) is 19.4 Å². The topological polar surface area (TPSA) is 76.0 Å². The monoisotopic (exact) mass is 432 g/mol. The molecule has 1 aromatic rings. The molecule has 1 saturated heterocycles. The van der Waals surface area contributed by atoms with Gasteiger partial charge in [-0.3, -0.25) is 9.79 Å². The average molecular weight is 433 g/mol. The first-order valence-electron chi connectivity index (χ1n) is 7.51. The minimum atomic E-state index is -3.08. The maximum atomic E-state index is 11.9. The molecule has 2 aliphatic heterocycles. The number of anilines is 1. The number of fused-ring (bicyclic) bond motifs is 1. The van der Waals surface area contributed by atoms with Gasteiger partial charge < -0.3 is 9.64 Å². The first kappa shape index (κ1) is 17.8. The fraction of sp³-hybridized carbons (Fsp3) is 0.467. The summed E-state index contributed by atoms with van der Waals surface area (Å²) in [4.78, 5) is 18.1. The summed E-state index contributed by atoms with van der Waals surface area (Å²) in [5.41, 5.74) is 0.873. The van der Waals surface area contributed by atoms with E-state index in [9.17, 15) is 13.2 Å². The Morgan fingerprint density at radius 2 is 2.08 bits per heavy atom. The van der Waals surface area contributed by atoms with E-state index in [0.717, 1.165) is 10.2 Å². The summed E-state index contributed by atoms with van der Waals surface area (Å²) in [7, 11) is -3.08. The van der Waals surface area contributed by atoms with Crippen LogP contribution in [0.5, 0.6) is 0 Å². The minimum absolute atomic E-state index is 0.0637. The molecule has 0 saturated carbocycles. The molecule has 6 nitrogen and oxygen atoms in total. The van der Waals surface area contributed by atoms with E-state index >= 15 is 0 Å². The highest BCUT2D eigenvalue weighted by Crippen LogP contribution is 2.35. The number of amidine groups is 1. The fourth-order valence-corrected chi connectivity index (χ4v) is 5.89. The van der Waals surface area contributed by atoms with E-state index in [1.54, 1.807) is 6.92 Å². The van der Waals surface area contributed by atoms with Crippen LogP contribution in [0, 0.1) is 0 Å². The Hall–Kier alpha value is -1.06. The summed E-state index contributed by atoms with van der Waals surface area (Å²) >= 11 is 4.69. The van der Waals surface area contributed by atoms with Gasteiger partial charge in [-0.15, -0.1) is 0 Å². The molecule has 0 radical (unpaired) electrons. The van der Waals surface area contributed by atoms with Crippen LogP contribution in [0.3, 0.4) is 0 Å². The number of hydrogen-bond donors (Lipinski definition) is 0. The number of hydrogen-bond acceptors (Lipinski definition) is 7. The van der Waals surface area contributed by atoms with Gasteiger partial charge in [0.05, 0.1) is 35.9 Å². The summed E-state index contributed by atoms with van der Waals surface area (Å²) in [6.07, 6.45) is 0. The molecule has 130 valence electrons. The summed E-state index contributed by atoms with van der Waals surface area (Å²) in [6, 6.07) is 7.15. The molecule has 2 atom stereocenters. The number of benzene rings is 1. The van der Waals surface area contributed by atoms with Crippen LogP contribution in [0.4, 0.5) is 5.69 Å². The van der Waals surface area contributed by atoms with Crippen molar-refractivity contribution < 1.29 is 17.9 Å². The quantitative estimate of drug-likeness (QED) is 0.677. The molecule has 3 rings (SSSR count). The standard InChI is InChI=1S/C15H17BrN2O4S2/c1-2-22-14(19)7-23-15-17-12-8-24(20,21)9-13(12)18(15)11-5-3-10(16)4-6-11/h3-6,12-13H,2,7-9H2,1H3/t12-,13+/m1/s1. The van der Waals surface area contributed by atoms with Gasteiger partial charge in [-0.05, 0) is 31.2 Å². The molecule has 9 heteroatoms. The highest BCUT2D eigenvalue weighted by atomic mass is 79.9. The van der Waals surface area contributed by atoms with Crippen molar-refractivity contribution in [2.24, 2.45) is 4.99 Å². The zero-order valence-electron chi connectivity index (χ0n) is 13.0. The van der Waals surface area contributed by atoms with Gasteiger partial charge in [-0.1, -0.05) is 27.7 Å². The van der Waals surface area contributed by atoms with Crippen LogP contribution < -0.4 is 4.90 Å². The van der Waals surface area contributed by atoms with Gasteiger partial charge in [0.2, 0.25) is 0 Å². The van der Waals surface area contributed by atoms with Crippen LogP contribution in [-0.4, -0.2) is 55.5 Å². The number of esters is 1. The number of sulfone groups is 1. The molecule has 0 bridgehead atoms. The first-order valence-corrected chi connectivity index (χ1v) is 11.1.